The summed E-state index contributed by atoms with van der Waals surface area (Å²) in [6, 6.07) is 9.71. The number of likely N-dealkylation sites (N-methyl/N-ethyl adjacent to an activating group) is 4. The number of ether oxygens (including phenoxy) is 6. The highest BCUT2D eigenvalue weighted by molar-refractivity contribution is 5.93. The van der Waals surface area contributed by atoms with E-state index in [2.05, 4.69) is 5.32 Å². The van der Waals surface area contributed by atoms with Crippen molar-refractivity contribution in [3.8, 4) is 0 Å². The third-order valence-corrected chi connectivity index (χ3v) is 16.3. The number of hydrogen-bond acceptors (Lipinski definition) is 15. The lowest BCUT2D eigenvalue weighted by Crippen LogP contribution is -2.54. The first-order valence-electron chi connectivity index (χ1n) is 29.4. The van der Waals surface area contributed by atoms with Gasteiger partial charge < -0.3 is 53.5 Å². The molecule has 0 spiro atoms. The number of halogens is 2. The number of amides is 3. The summed E-state index contributed by atoms with van der Waals surface area (Å²) in [5.41, 5.74) is -0.501. The lowest BCUT2D eigenvalue weighted by Gasteiger charge is -2.34. The Balaban J connectivity index is 1.22. The molecule has 2 saturated heterocycles. The summed E-state index contributed by atoms with van der Waals surface area (Å²) in [5.74, 6) is -7.28. The number of nitrogens with one attached hydrogen (secondary N) is 1. The first-order valence-corrected chi connectivity index (χ1v) is 29.4. The molecule has 2 N–H and O–H groups in total. The predicted octanol–water partition coefficient (Wildman–Crippen LogP) is 6.98. The van der Waals surface area contributed by atoms with E-state index >= 15 is 4.39 Å². The van der Waals surface area contributed by atoms with Crippen LogP contribution in [-0.2, 0) is 79.6 Å². The Labute approximate surface area is 487 Å². The number of carboxylic acids is 1. The van der Waals surface area contributed by atoms with Crippen LogP contribution in [0.2, 0.25) is 0 Å². The number of rotatable bonds is 30. The highest BCUT2D eigenvalue weighted by atomic mass is 19.1. The van der Waals surface area contributed by atoms with Crippen LogP contribution in [-0.4, -0.2) is 182 Å². The van der Waals surface area contributed by atoms with Crippen molar-refractivity contribution in [1.29, 1.82) is 0 Å². The van der Waals surface area contributed by atoms with Crippen LogP contribution >= 0.6 is 0 Å². The SMILES string of the molecule is CNC(CC(C)(C)F)C(=O)OC(Cc1ccc(C2CCOCC2)cc1)C(=O)N(C)C(CC1CC1)C(=O)OC(C)C(=O)N(C)C(CC(C)(C)F)C(=O)OC(Cc1ccc(C2CCOCC2)cc1)C(=O)N(C)C(CC1CC1)C(=O)OC(C)C(=O)O. The van der Waals surface area contributed by atoms with E-state index in [4.69, 9.17) is 28.4 Å². The zero-order chi connectivity index (χ0) is 60.9. The van der Waals surface area contributed by atoms with Gasteiger partial charge in [-0.25, -0.2) is 28.0 Å². The van der Waals surface area contributed by atoms with Crippen molar-refractivity contribution >= 4 is 47.6 Å². The molecular formula is C62H88F2N4O15. The molecule has 2 aromatic rings. The van der Waals surface area contributed by atoms with Crippen LogP contribution < -0.4 is 5.32 Å². The van der Waals surface area contributed by atoms with E-state index in [-0.39, 0.29) is 49.9 Å². The number of benzene rings is 2. The lowest BCUT2D eigenvalue weighted by atomic mass is 9.90. The normalized spacial score (nSPS) is 19.1. The van der Waals surface area contributed by atoms with Gasteiger partial charge in [-0.1, -0.05) is 74.2 Å². The van der Waals surface area contributed by atoms with Gasteiger partial charge in [0.15, 0.2) is 24.4 Å². The van der Waals surface area contributed by atoms with E-state index in [1.807, 2.05) is 36.4 Å². The van der Waals surface area contributed by atoms with Gasteiger partial charge in [-0.15, -0.1) is 0 Å². The number of carbonyl (C=O) groups is 8. The minimum atomic E-state index is -2.12. The van der Waals surface area contributed by atoms with Crippen molar-refractivity contribution in [2.24, 2.45) is 11.8 Å². The van der Waals surface area contributed by atoms with Crippen molar-refractivity contribution < 1.29 is 80.7 Å². The molecule has 19 nitrogen and oxygen atoms in total. The maximum Gasteiger partial charge on any atom is 0.344 e. The minimum absolute atomic E-state index is 0.0178. The van der Waals surface area contributed by atoms with Crippen LogP contribution in [0.5, 0.6) is 0 Å². The molecule has 0 aromatic heterocycles. The molecule has 0 radical (unpaired) electrons. The molecule has 460 valence electrons. The molecule has 6 rings (SSSR count). The molecule has 83 heavy (non-hydrogen) atoms. The van der Waals surface area contributed by atoms with E-state index in [1.165, 1.54) is 69.7 Å². The fourth-order valence-corrected chi connectivity index (χ4v) is 10.7. The summed E-state index contributed by atoms with van der Waals surface area (Å²) in [5, 5.41) is 12.3. The van der Waals surface area contributed by atoms with Gasteiger partial charge in [-0.3, -0.25) is 19.2 Å². The highest BCUT2D eigenvalue weighted by Crippen LogP contribution is 2.37. The van der Waals surface area contributed by atoms with Crippen LogP contribution in [0.3, 0.4) is 0 Å². The molecule has 2 aromatic carbocycles. The standard InChI is InChI=1S/C62H88F2N4O15/c1-37(80-58(75)48(31-39-11-12-39)66(8)54(70)51(82-57(74)47(65-7)35-61(3,4)63)33-41-15-19-43(20-16-41)45-23-27-78-28-24-45)53(69)68(10)50(36-62(5,6)64)60(77)83-52(34-42-17-21-44(22-18-42)46-25-29-79-30-26-46)55(71)67(9)49(32-40-13-14-40)59(76)81-38(2)56(72)73/h15-22,37-40,45-52,65H,11-14,23-36H2,1-10H3,(H,72,73). The number of alkyl halides is 2. The minimum Gasteiger partial charge on any atom is -0.479 e. The second kappa shape index (κ2) is 29.6. The number of aliphatic carboxylic acids is 1. The molecule has 2 saturated carbocycles. The Hall–Kier alpha value is -6.06. The number of carbonyl (C=O) groups excluding carboxylic acids is 7. The van der Waals surface area contributed by atoms with E-state index in [9.17, 15) is 47.9 Å². The maximum atomic E-state index is 15.9. The summed E-state index contributed by atoms with van der Waals surface area (Å²) >= 11 is 0. The monoisotopic (exact) mass is 1170 g/mol. The number of carboxylic acid groups (broad SMARTS) is 1. The number of nitrogens with zero attached hydrogens (tertiary/aromatic N) is 3. The van der Waals surface area contributed by atoms with Gasteiger partial charge in [0.25, 0.3) is 17.7 Å². The number of esters is 4. The van der Waals surface area contributed by atoms with Gasteiger partial charge in [-0.05, 0) is 133 Å². The molecule has 2 aliphatic heterocycles. The van der Waals surface area contributed by atoms with Crippen LogP contribution in [0.1, 0.15) is 153 Å². The first-order chi connectivity index (χ1) is 39.1. The van der Waals surface area contributed by atoms with Gasteiger partial charge in [0, 0.05) is 73.3 Å². The summed E-state index contributed by atoms with van der Waals surface area (Å²) < 4.78 is 64.9. The molecule has 21 heteroatoms. The average Bonchev–Trinajstić information content (AvgIpc) is 4.52. The molecular weight excluding hydrogens is 1080 g/mol. The van der Waals surface area contributed by atoms with E-state index < -0.39 is 114 Å². The predicted molar refractivity (Wildman–Crippen MR) is 301 cm³/mol. The third kappa shape index (κ3) is 20.0. The zero-order valence-electron chi connectivity index (χ0n) is 50.0. The van der Waals surface area contributed by atoms with Gasteiger partial charge in [0.2, 0.25) is 0 Å². The molecule has 2 heterocycles. The van der Waals surface area contributed by atoms with Gasteiger partial charge in [0.05, 0.1) is 0 Å². The number of hydrogen-bond donors (Lipinski definition) is 2. The smallest absolute Gasteiger partial charge is 0.344 e. The molecule has 4 aliphatic rings. The van der Waals surface area contributed by atoms with Crippen molar-refractivity contribution in [1.82, 2.24) is 20.0 Å². The lowest BCUT2D eigenvalue weighted by molar-refractivity contribution is -0.175. The van der Waals surface area contributed by atoms with Gasteiger partial charge in [-0.2, -0.15) is 0 Å². The topological polar surface area (TPSA) is 234 Å². The van der Waals surface area contributed by atoms with E-state index in [0.717, 1.165) is 77.2 Å². The van der Waals surface area contributed by atoms with Crippen molar-refractivity contribution in [3.63, 3.8) is 0 Å². The summed E-state index contributed by atoms with van der Waals surface area (Å²) in [6.45, 7) is 10.0. The van der Waals surface area contributed by atoms with E-state index in [0.29, 0.717) is 43.5 Å². The molecule has 2 aliphatic carbocycles. The van der Waals surface area contributed by atoms with Crippen molar-refractivity contribution in [2.45, 2.75) is 203 Å². The highest BCUT2D eigenvalue weighted by Gasteiger charge is 2.44. The van der Waals surface area contributed by atoms with Crippen LogP contribution in [0.25, 0.3) is 0 Å². The molecule has 3 amide bonds. The Kier molecular flexibility index (Phi) is 23.6. The Morgan fingerprint density at radius 1 is 0.542 bits per heavy atom. The molecule has 8 unspecified atom stereocenters. The summed E-state index contributed by atoms with van der Waals surface area (Å²) in [7, 11) is 5.40. The van der Waals surface area contributed by atoms with Crippen molar-refractivity contribution in [3.05, 3.63) is 70.8 Å². The maximum absolute atomic E-state index is 15.9. The molecule has 0 bridgehead atoms. The second-order valence-electron chi connectivity index (χ2n) is 24.5. The zero-order valence-corrected chi connectivity index (χ0v) is 50.0. The fourth-order valence-electron chi connectivity index (χ4n) is 10.7. The Morgan fingerprint density at radius 3 is 1.27 bits per heavy atom. The van der Waals surface area contributed by atoms with Gasteiger partial charge >= 0.3 is 29.8 Å². The van der Waals surface area contributed by atoms with Crippen molar-refractivity contribution in [2.75, 3.05) is 54.6 Å². The van der Waals surface area contributed by atoms with Crippen LogP contribution in [0.15, 0.2) is 48.5 Å². The Bertz CT molecular complexity index is 2530. The van der Waals surface area contributed by atoms with Crippen LogP contribution in [0.4, 0.5) is 8.78 Å². The van der Waals surface area contributed by atoms with Crippen LogP contribution in [0, 0.1) is 11.8 Å². The fraction of sp³-hybridized carbons (Fsp3) is 0.677. The molecule has 4 fully saturated rings. The summed E-state index contributed by atoms with van der Waals surface area (Å²) in [6.07, 6.45) is -0.741. The third-order valence-electron chi connectivity index (χ3n) is 16.3. The summed E-state index contributed by atoms with van der Waals surface area (Å²) in [4.78, 5) is 115. The quantitative estimate of drug-likeness (QED) is 0.0593. The van der Waals surface area contributed by atoms with E-state index in [1.54, 1.807) is 12.1 Å². The first kappa shape index (κ1) is 66.1. The largest absolute Gasteiger partial charge is 0.479 e. The molecule has 8 atom stereocenters. The Morgan fingerprint density at radius 2 is 0.904 bits per heavy atom. The average molecular weight is 1170 g/mol. The second-order valence-corrected chi connectivity index (χ2v) is 24.5. The van der Waals surface area contributed by atoms with Gasteiger partial charge in [0.1, 0.15) is 35.5 Å².